The maximum absolute atomic E-state index is 12.0. The fourth-order valence-corrected chi connectivity index (χ4v) is 1.84. The summed E-state index contributed by atoms with van der Waals surface area (Å²) in [6, 6.07) is 6.72. The van der Waals surface area contributed by atoms with Gasteiger partial charge in [0.05, 0.1) is 11.1 Å². The van der Waals surface area contributed by atoms with Crippen LogP contribution in [-0.2, 0) is 7.05 Å². The summed E-state index contributed by atoms with van der Waals surface area (Å²) in [6.07, 6.45) is 1.69. The minimum absolute atomic E-state index is 0.110. The van der Waals surface area contributed by atoms with Gasteiger partial charge in [0.25, 0.3) is 5.91 Å². The number of nitrogens with zero attached hydrogens (tertiary/aromatic N) is 1. The summed E-state index contributed by atoms with van der Waals surface area (Å²) in [4.78, 5) is 34.0. The zero-order valence-electron chi connectivity index (χ0n) is 11.0. The second-order valence-corrected chi connectivity index (χ2v) is 4.37. The van der Waals surface area contributed by atoms with Gasteiger partial charge in [-0.1, -0.05) is 0 Å². The van der Waals surface area contributed by atoms with Crippen LogP contribution in [0.2, 0.25) is 0 Å². The van der Waals surface area contributed by atoms with Crippen LogP contribution in [0, 0.1) is 0 Å². The minimum Gasteiger partial charge on any atom is -0.478 e. The van der Waals surface area contributed by atoms with E-state index in [0.29, 0.717) is 5.69 Å². The Morgan fingerprint density at radius 1 is 1.05 bits per heavy atom. The van der Waals surface area contributed by atoms with Gasteiger partial charge in [-0.3, -0.25) is 4.79 Å². The largest absolute Gasteiger partial charge is 0.478 e. The van der Waals surface area contributed by atoms with E-state index in [2.05, 4.69) is 5.32 Å². The highest BCUT2D eigenvalue weighted by Crippen LogP contribution is 2.16. The lowest BCUT2D eigenvalue weighted by atomic mass is 10.1. The van der Waals surface area contributed by atoms with Gasteiger partial charge in [-0.2, -0.15) is 0 Å². The Bertz CT molecular complexity index is 700. The van der Waals surface area contributed by atoms with Crippen molar-refractivity contribution in [1.82, 2.24) is 4.57 Å². The number of carbonyl (C=O) groups excluding carboxylic acids is 1. The molecule has 0 saturated carbocycles. The monoisotopic (exact) mass is 288 g/mol. The summed E-state index contributed by atoms with van der Waals surface area (Å²) >= 11 is 0. The number of carboxylic acids is 2. The molecule has 21 heavy (non-hydrogen) atoms. The van der Waals surface area contributed by atoms with E-state index in [1.807, 2.05) is 0 Å². The van der Waals surface area contributed by atoms with Crippen molar-refractivity contribution in [2.24, 2.45) is 7.05 Å². The Labute approximate surface area is 119 Å². The number of amides is 1. The average molecular weight is 288 g/mol. The predicted molar refractivity (Wildman–Crippen MR) is 73.7 cm³/mol. The Balaban J connectivity index is 2.35. The minimum atomic E-state index is -1.27. The first-order chi connectivity index (χ1) is 9.88. The van der Waals surface area contributed by atoms with Crippen molar-refractivity contribution in [3.05, 3.63) is 53.3 Å². The van der Waals surface area contributed by atoms with Gasteiger partial charge in [0.15, 0.2) is 0 Å². The number of hydrogen-bond donors (Lipinski definition) is 3. The number of benzene rings is 1. The van der Waals surface area contributed by atoms with E-state index >= 15 is 0 Å². The van der Waals surface area contributed by atoms with E-state index in [9.17, 15) is 14.4 Å². The molecule has 1 heterocycles. The van der Waals surface area contributed by atoms with E-state index in [4.69, 9.17) is 10.2 Å². The molecule has 0 aliphatic heterocycles. The second kappa shape index (κ2) is 5.49. The van der Waals surface area contributed by atoms with Crippen LogP contribution in [-0.4, -0.2) is 32.6 Å². The molecule has 1 amide bonds. The fourth-order valence-electron chi connectivity index (χ4n) is 1.84. The summed E-state index contributed by atoms with van der Waals surface area (Å²) in [5.41, 5.74) is 0.0558. The molecule has 7 nitrogen and oxygen atoms in total. The van der Waals surface area contributed by atoms with E-state index in [0.717, 1.165) is 6.07 Å². The third kappa shape index (κ3) is 3.08. The van der Waals surface area contributed by atoms with Crippen molar-refractivity contribution in [2.45, 2.75) is 0 Å². The molecule has 0 aliphatic rings. The topological polar surface area (TPSA) is 109 Å². The standard InChI is InChI=1S/C14H12N2O5/c1-16-4-2-3-11(16)12(17)15-10-6-8(13(18)19)5-9(7-10)14(20)21/h2-7H,1H3,(H,15,17)(H,18,19)(H,20,21). The first-order valence-electron chi connectivity index (χ1n) is 5.93. The molecule has 0 bridgehead atoms. The van der Waals surface area contributed by atoms with Crippen LogP contribution in [0.25, 0.3) is 0 Å². The maximum Gasteiger partial charge on any atom is 0.335 e. The van der Waals surface area contributed by atoms with Crippen LogP contribution in [0.15, 0.2) is 36.5 Å². The van der Waals surface area contributed by atoms with Gasteiger partial charge in [-0.05, 0) is 30.3 Å². The number of carbonyl (C=O) groups is 3. The van der Waals surface area contributed by atoms with Gasteiger partial charge >= 0.3 is 11.9 Å². The zero-order valence-corrected chi connectivity index (χ0v) is 11.0. The maximum atomic E-state index is 12.0. The Hall–Kier alpha value is -3.09. The van der Waals surface area contributed by atoms with Gasteiger partial charge < -0.3 is 20.1 Å². The molecule has 2 aromatic rings. The molecule has 0 atom stereocenters. The quantitative estimate of drug-likeness (QED) is 0.793. The Morgan fingerprint density at radius 2 is 1.62 bits per heavy atom. The summed E-state index contributed by atoms with van der Waals surface area (Å²) in [5, 5.41) is 20.4. The van der Waals surface area contributed by atoms with Crippen LogP contribution >= 0.6 is 0 Å². The van der Waals surface area contributed by atoms with Crippen molar-refractivity contribution in [3.63, 3.8) is 0 Å². The van der Waals surface area contributed by atoms with Gasteiger partial charge in [0.2, 0.25) is 0 Å². The summed E-state index contributed by atoms with van der Waals surface area (Å²) < 4.78 is 1.59. The number of aromatic nitrogens is 1. The molecule has 0 radical (unpaired) electrons. The molecule has 0 unspecified atom stereocenters. The third-order valence-electron chi connectivity index (χ3n) is 2.86. The number of anilines is 1. The zero-order chi connectivity index (χ0) is 15.6. The summed E-state index contributed by atoms with van der Waals surface area (Å²) in [6.45, 7) is 0. The van der Waals surface area contributed by atoms with Crippen LogP contribution in [0.5, 0.6) is 0 Å². The first-order valence-corrected chi connectivity index (χ1v) is 5.93. The van der Waals surface area contributed by atoms with E-state index in [1.165, 1.54) is 12.1 Å². The molecule has 7 heteroatoms. The smallest absolute Gasteiger partial charge is 0.335 e. The fraction of sp³-hybridized carbons (Fsp3) is 0.0714. The molecule has 2 rings (SSSR count). The molecule has 0 saturated heterocycles. The third-order valence-corrected chi connectivity index (χ3v) is 2.86. The SMILES string of the molecule is Cn1cccc1C(=O)Nc1cc(C(=O)O)cc(C(=O)O)c1. The molecule has 108 valence electrons. The number of aromatic carboxylic acids is 2. The summed E-state index contributed by atoms with van der Waals surface area (Å²) in [5.74, 6) is -3.00. The number of rotatable bonds is 4. The molecular formula is C14H12N2O5. The van der Waals surface area contributed by atoms with Crippen molar-refractivity contribution < 1.29 is 24.6 Å². The van der Waals surface area contributed by atoms with Crippen molar-refractivity contribution >= 4 is 23.5 Å². The molecule has 0 spiro atoms. The molecule has 1 aromatic carbocycles. The second-order valence-electron chi connectivity index (χ2n) is 4.37. The van der Waals surface area contributed by atoms with Crippen LogP contribution in [0.3, 0.4) is 0 Å². The average Bonchev–Trinajstić information content (AvgIpc) is 2.84. The lowest BCUT2D eigenvalue weighted by Crippen LogP contribution is -2.16. The normalized spacial score (nSPS) is 10.1. The molecule has 0 aliphatic carbocycles. The number of hydrogen-bond acceptors (Lipinski definition) is 3. The number of nitrogens with one attached hydrogen (secondary N) is 1. The van der Waals surface area contributed by atoms with Crippen LogP contribution in [0.1, 0.15) is 31.2 Å². The van der Waals surface area contributed by atoms with Gasteiger partial charge in [0, 0.05) is 18.9 Å². The number of carboxylic acid groups (broad SMARTS) is 2. The molecule has 1 aromatic heterocycles. The van der Waals surface area contributed by atoms with Gasteiger partial charge in [0.1, 0.15) is 5.69 Å². The lowest BCUT2D eigenvalue weighted by Gasteiger charge is -2.08. The highest BCUT2D eigenvalue weighted by Gasteiger charge is 2.14. The lowest BCUT2D eigenvalue weighted by molar-refractivity contribution is 0.0696. The number of aryl methyl sites for hydroxylation is 1. The highest BCUT2D eigenvalue weighted by molar-refractivity contribution is 6.05. The van der Waals surface area contributed by atoms with E-state index in [-0.39, 0.29) is 16.8 Å². The van der Waals surface area contributed by atoms with Crippen molar-refractivity contribution in [3.8, 4) is 0 Å². The summed E-state index contributed by atoms with van der Waals surface area (Å²) in [7, 11) is 1.69. The highest BCUT2D eigenvalue weighted by atomic mass is 16.4. The Morgan fingerprint density at radius 3 is 2.05 bits per heavy atom. The van der Waals surface area contributed by atoms with Crippen molar-refractivity contribution in [2.75, 3.05) is 5.32 Å². The molecule has 3 N–H and O–H groups in total. The molecular weight excluding hydrogens is 276 g/mol. The van der Waals surface area contributed by atoms with Crippen molar-refractivity contribution in [1.29, 1.82) is 0 Å². The predicted octanol–water partition coefficient (Wildman–Crippen LogP) is 1.67. The van der Waals surface area contributed by atoms with Crippen LogP contribution in [0.4, 0.5) is 5.69 Å². The van der Waals surface area contributed by atoms with E-state index in [1.54, 1.807) is 29.9 Å². The Kier molecular flexibility index (Phi) is 3.75. The van der Waals surface area contributed by atoms with Gasteiger partial charge in [-0.15, -0.1) is 0 Å². The van der Waals surface area contributed by atoms with Gasteiger partial charge in [-0.25, -0.2) is 9.59 Å². The van der Waals surface area contributed by atoms with E-state index < -0.39 is 17.8 Å². The van der Waals surface area contributed by atoms with Crippen LogP contribution < -0.4 is 5.32 Å². The first kappa shape index (κ1) is 14.3. The molecule has 0 fully saturated rings.